The summed E-state index contributed by atoms with van der Waals surface area (Å²) < 4.78 is 25.5. The average Bonchev–Trinajstić information content (AvgIpc) is 3.11. The predicted molar refractivity (Wildman–Crippen MR) is 99.5 cm³/mol. The number of carbonyl (C=O) groups is 1. The van der Waals surface area contributed by atoms with Crippen LogP contribution in [0.3, 0.4) is 0 Å². The summed E-state index contributed by atoms with van der Waals surface area (Å²) in [6.07, 6.45) is 4.16. The summed E-state index contributed by atoms with van der Waals surface area (Å²) in [5, 5.41) is 4.17. The average molecular weight is 373 g/mol. The number of amides is 1. The molecule has 7 heteroatoms. The molecule has 2 unspecified atom stereocenters. The number of piperidine rings is 1. The fourth-order valence-electron chi connectivity index (χ4n) is 4.36. The molecule has 1 aromatic carbocycles. The molecule has 2 saturated heterocycles. The molecule has 0 radical (unpaired) electrons. The van der Waals surface area contributed by atoms with Gasteiger partial charge in [-0.25, -0.2) is 8.42 Å². The van der Waals surface area contributed by atoms with E-state index in [1.807, 2.05) is 41.3 Å². The quantitative estimate of drug-likeness (QED) is 0.827. The number of fused-ring (bicyclic) bond motifs is 2. The number of aromatic nitrogens is 2. The Hall–Kier alpha value is -2.15. The van der Waals surface area contributed by atoms with Crippen LogP contribution in [-0.2, 0) is 16.9 Å². The predicted octanol–water partition coefficient (Wildman–Crippen LogP) is 2.27. The van der Waals surface area contributed by atoms with Gasteiger partial charge in [0.05, 0.1) is 10.9 Å². The van der Waals surface area contributed by atoms with E-state index in [4.69, 9.17) is 0 Å². The van der Waals surface area contributed by atoms with Gasteiger partial charge in [0.15, 0.2) is 0 Å². The van der Waals surface area contributed by atoms with Crippen molar-refractivity contribution < 1.29 is 13.2 Å². The molecule has 1 aromatic heterocycles. The third-order valence-electron chi connectivity index (χ3n) is 5.70. The molecular formula is C19H23N3O3S. The first-order chi connectivity index (χ1) is 12.3. The largest absolute Gasteiger partial charge is 0.331 e. The van der Waals surface area contributed by atoms with Crippen molar-refractivity contribution in [3.05, 3.63) is 42.1 Å². The van der Waals surface area contributed by atoms with Gasteiger partial charge in [-0.3, -0.25) is 9.48 Å². The Balaban J connectivity index is 1.61. The molecule has 0 N–H and O–H groups in total. The van der Waals surface area contributed by atoms with Crippen LogP contribution >= 0.6 is 0 Å². The van der Waals surface area contributed by atoms with Crippen molar-refractivity contribution in [3.8, 4) is 11.3 Å². The molecule has 6 nitrogen and oxygen atoms in total. The van der Waals surface area contributed by atoms with Crippen LogP contribution in [0, 0.1) is 0 Å². The SMILES string of the molecule is Cn1nc(-c2ccccc2)cc1C(=O)N1C2CCC1CC(S(C)(=O)=O)C2. The lowest BCUT2D eigenvalue weighted by Crippen LogP contribution is -2.50. The van der Waals surface area contributed by atoms with Crippen LogP contribution in [0.25, 0.3) is 11.3 Å². The molecule has 0 spiro atoms. The molecule has 4 rings (SSSR count). The van der Waals surface area contributed by atoms with Gasteiger partial charge in [-0.2, -0.15) is 5.10 Å². The zero-order valence-corrected chi connectivity index (χ0v) is 15.8. The van der Waals surface area contributed by atoms with Crippen molar-refractivity contribution in [2.24, 2.45) is 7.05 Å². The van der Waals surface area contributed by atoms with E-state index in [2.05, 4.69) is 5.10 Å². The van der Waals surface area contributed by atoms with Gasteiger partial charge in [-0.05, 0) is 31.7 Å². The highest BCUT2D eigenvalue weighted by Crippen LogP contribution is 2.39. The van der Waals surface area contributed by atoms with Gasteiger partial charge in [0.2, 0.25) is 0 Å². The van der Waals surface area contributed by atoms with Crippen molar-refractivity contribution in [1.29, 1.82) is 0 Å². The van der Waals surface area contributed by atoms with Gasteiger partial charge >= 0.3 is 0 Å². The highest BCUT2D eigenvalue weighted by molar-refractivity contribution is 7.91. The minimum absolute atomic E-state index is 0.0102. The molecule has 2 fully saturated rings. The lowest BCUT2D eigenvalue weighted by molar-refractivity contribution is 0.0587. The number of rotatable bonds is 3. The monoisotopic (exact) mass is 373 g/mol. The molecule has 0 saturated carbocycles. The van der Waals surface area contributed by atoms with Crippen LogP contribution in [0.2, 0.25) is 0 Å². The Bertz CT molecular complexity index is 922. The Morgan fingerprint density at radius 2 is 1.73 bits per heavy atom. The number of hydrogen-bond acceptors (Lipinski definition) is 4. The maximum Gasteiger partial charge on any atom is 0.272 e. The lowest BCUT2D eigenvalue weighted by Gasteiger charge is -2.38. The number of benzene rings is 1. The van der Waals surface area contributed by atoms with Crippen LogP contribution in [0.15, 0.2) is 36.4 Å². The molecule has 1 amide bonds. The number of nitrogens with zero attached hydrogens (tertiary/aromatic N) is 3. The smallest absolute Gasteiger partial charge is 0.272 e. The van der Waals surface area contributed by atoms with Crippen LogP contribution in [0.4, 0.5) is 0 Å². The molecule has 2 bridgehead atoms. The zero-order valence-electron chi connectivity index (χ0n) is 15.0. The molecule has 2 atom stereocenters. The third kappa shape index (κ3) is 2.94. The Morgan fingerprint density at radius 3 is 2.31 bits per heavy atom. The summed E-state index contributed by atoms with van der Waals surface area (Å²) in [6.45, 7) is 0. The van der Waals surface area contributed by atoms with Crippen molar-refractivity contribution >= 4 is 15.7 Å². The standard InChI is InChI=1S/C19H23N3O3S/c1-21-18(12-17(20-21)13-6-4-3-5-7-13)19(23)22-14-8-9-15(22)11-16(10-14)26(2,24)25/h3-7,12,14-16H,8-11H2,1-2H3. The summed E-state index contributed by atoms with van der Waals surface area (Å²) in [5.41, 5.74) is 2.30. The number of sulfone groups is 1. The molecule has 0 aliphatic carbocycles. The first kappa shape index (κ1) is 17.3. The Kier molecular flexibility index (Phi) is 4.14. The third-order valence-corrected chi connectivity index (χ3v) is 7.29. The van der Waals surface area contributed by atoms with Gasteiger partial charge in [0.1, 0.15) is 15.5 Å². The summed E-state index contributed by atoms with van der Waals surface area (Å²) in [4.78, 5) is 15.1. The summed E-state index contributed by atoms with van der Waals surface area (Å²) in [6, 6.07) is 11.6. The van der Waals surface area contributed by atoms with Crippen LogP contribution in [-0.4, -0.2) is 52.6 Å². The highest BCUT2D eigenvalue weighted by Gasteiger charge is 2.46. The van der Waals surface area contributed by atoms with Gasteiger partial charge in [0, 0.05) is 31.0 Å². The minimum Gasteiger partial charge on any atom is -0.331 e. The highest BCUT2D eigenvalue weighted by atomic mass is 32.2. The number of aryl methyl sites for hydroxylation is 1. The molecule has 2 aliphatic rings. The molecule has 3 heterocycles. The van der Waals surface area contributed by atoms with Gasteiger partial charge in [-0.1, -0.05) is 30.3 Å². The molecule has 2 aliphatic heterocycles. The van der Waals surface area contributed by atoms with Crippen LogP contribution in [0.5, 0.6) is 0 Å². The maximum atomic E-state index is 13.2. The lowest BCUT2D eigenvalue weighted by atomic mass is 10.0. The van der Waals surface area contributed by atoms with Gasteiger partial charge < -0.3 is 4.90 Å². The summed E-state index contributed by atoms with van der Waals surface area (Å²) in [5.74, 6) is -0.0402. The van der Waals surface area contributed by atoms with E-state index in [1.54, 1.807) is 11.7 Å². The molecule has 26 heavy (non-hydrogen) atoms. The van der Waals surface area contributed by atoms with E-state index in [0.717, 1.165) is 24.1 Å². The fourth-order valence-corrected chi connectivity index (χ4v) is 5.50. The fraction of sp³-hybridized carbons (Fsp3) is 0.474. The number of carbonyl (C=O) groups excluding carboxylic acids is 1. The Labute approximate surface area is 153 Å². The second-order valence-electron chi connectivity index (χ2n) is 7.42. The van der Waals surface area contributed by atoms with E-state index in [0.29, 0.717) is 18.5 Å². The topological polar surface area (TPSA) is 72.3 Å². The van der Waals surface area contributed by atoms with E-state index in [9.17, 15) is 13.2 Å². The summed E-state index contributed by atoms with van der Waals surface area (Å²) >= 11 is 0. The minimum atomic E-state index is -3.06. The number of hydrogen-bond donors (Lipinski definition) is 0. The second kappa shape index (κ2) is 6.23. The van der Waals surface area contributed by atoms with Crippen LogP contribution < -0.4 is 0 Å². The molecule has 138 valence electrons. The second-order valence-corrected chi connectivity index (χ2v) is 9.75. The van der Waals surface area contributed by atoms with Crippen molar-refractivity contribution in [2.45, 2.75) is 43.0 Å². The normalized spacial score (nSPS) is 25.5. The van der Waals surface area contributed by atoms with E-state index in [-0.39, 0.29) is 23.2 Å². The van der Waals surface area contributed by atoms with Gasteiger partial charge in [-0.15, -0.1) is 0 Å². The van der Waals surface area contributed by atoms with E-state index in [1.165, 1.54) is 6.26 Å². The molecular weight excluding hydrogens is 350 g/mol. The first-order valence-electron chi connectivity index (χ1n) is 8.95. The maximum absolute atomic E-state index is 13.2. The Morgan fingerprint density at radius 1 is 1.12 bits per heavy atom. The van der Waals surface area contributed by atoms with E-state index < -0.39 is 9.84 Å². The van der Waals surface area contributed by atoms with E-state index >= 15 is 0 Å². The van der Waals surface area contributed by atoms with Crippen molar-refractivity contribution in [1.82, 2.24) is 14.7 Å². The zero-order chi connectivity index (χ0) is 18.5. The van der Waals surface area contributed by atoms with Gasteiger partial charge in [0.25, 0.3) is 5.91 Å². The summed E-state index contributed by atoms with van der Waals surface area (Å²) in [7, 11) is -1.28. The van der Waals surface area contributed by atoms with Crippen molar-refractivity contribution in [2.75, 3.05) is 6.26 Å². The van der Waals surface area contributed by atoms with Crippen molar-refractivity contribution in [3.63, 3.8) is 0 Å². The molecule has 2 aromatic rings. The van der Waals surface area contributed by atoms with Crippen LogP contribution in [0.1, 0.15) is 36.2 Å². The first-order valence-corrected chi connectivity index (χ1v) is 10.9.